The summed E-state index contributed by atoms with van der Waals surface area (Å²) < 4.78 is 0. The molecular formula is C17H23N3. The minimum atomic E-state index is 0.749. The van der Waals surface area contributed by atoms with E-state index in [1.54, 1.807) is 0 Å². The molecule has 1 aliphatic heterocycles. The fraction of sp³-hybridized carbons (Fsp3) is 0.588. The number of likely N-dealkylation sites (tertiary alicyclic amines) is 1. The van der Waals surface area contributed by atoms with Gasteiger partial charge < -0.3 is 5.32 Å². The van der Waals surface area contributed by atoms with Gasteiger partial charge in [-0.1, -0.05) is 12.1 Å². The average molecular weight is 269 g/mol. The van der Waals surface area contributed by atoms with Crippen LogP contribution in [0.15, 0.2) is 24.3 Å². The lowest BCUT2D eigenvalue weighted by Crippen LogP contribution is -2.39. The molecule has 2 fully saturated rings. The molecule has 1 heterocycles. The van der Waals surface area contributed by atoms with Crippen molar-refractivity contribution in [1.82, 2.24) is 10.2 Å². The molecule has 0 bridgehead atoms. The molecular weight excluding hydrogens is 246 g/mol. The molecule has 20 heavy (non-hydrogen) atoms. The van der Waals surface area contributed by atoms with E-state index in [2.05, 4.69) is 28.4 Å². The van der Waals surface area contributed by atoms with Gasteiger partial charge in [-0.3, -0.25) is 4.90 Å². The largest absolute Gasteiger partial charge is 0.314 e. The molecule has 1 saturated heterocycles. The van der Waals surface area contributed by atoms with Crippen LogP contribution < -0.4 is 5.32 Å². The minimum absolute atomic E-state index is 0.749. The number of hydrogen-bond donors (Lipinski definition) is 1. The molecule has 1 aliphatic carbocycles. The lowest BCUT2D eigenvalue weighted by molar-refractivity contribution is 0.165. The summed E-state index contributed by atoms with van der Waals surface area (Å²) in [5, 5.41) is 12.5. The van der Waals surface area contributed by atoms with E-state index in [4.69, 9.17) is 5.26 Å². The second-order valence-corrected chi connectivity index (χ2v) is 6.23. The molecule has 2 aliphatic rings. The molecule has 1 N–H and O–H groups in total. The average Bonchev–Trinajstić information content (AvgIpc) is 3.31. The third-order valence-electron chi connectivity index (χ3n) is 4.36. The summed E-state index contributed by atoms with van der Waals surface area (Å²) in [6, 6.07) is 11.0. The van der Waals surface area contributed by atoms with Crippen molar-refractivity contribution in [2.75, 3.05) is 19.6 Å². The van der Waals surface area contributed by atoms with E-state index in [0.717, 1.165) is 24.1 Å². The van der Waals surface area contributed by atoms with Gasteiger partial charge in [-0.05, 0) is 62.4 Å². The van der Waals surface area contributed by atoms with Gasteiger partial charge >= 0.3 is 0 Å². The topological polar surface area (TPSA) is 39.1 Å². The van der Waals surface area contributed by atoms with Crippen molar-refractivity contribution < 1.29 is 0 Å². The molecule has 0 spiro atoms. The van der Waals surface area contributed by atoms with Gasteiger partial charge in [-0.25, -0.2) is 0 Å². The number of piperidine rings is 1. The Kier molecular flexibility index (Phi) is 4.34. The highest BCUT2D eigenvalue weighted by molar-refractivity contribution is 5.31. The predicted octanol–water partition coefficient (Wildman–Crippen LogP) is 2.52. The Morgan fingerprint density at radius 3 is 2.70 bits per heavy atom. The zero-order valence-corrected chi connectivity index (χ0v) is 12.0. The lowest BCUT2D eigenvalue weighted by Gasteiger charge is -2.33. The molecule has 0 aromatic heterocycles. The van der Waals surface area contributed by atoms with Crippen LogP contribution in [0.2, 0.25) is 0 Å². The highest BCUT2D eigenvalue weighted by atomic mass is 15.1. The summed E-state index contributed by atoms with van der Waals surface area (Å²) in [7, 11) is 0. The van der Waals surface area contributed by atoms with Crippen LogP contribution in [0.25, 0.3) is 0 Å². The first kappa shape index (κ1) is 13.6. The van der Waals surface area contributed by atoms with Crippen LogP contribution in [-0.2, 0) is 6.54 Å². The van der Waals surface area contributed by atoms with Crippen molar-refractivity contribution in [3.05, 3.63) is 35.4 Å². The molecule has 0 radical (unpaired) electrons. The fourth-order valence-corrected chi connectivity index (χ4v) is 3.03. The molecule has 1 atom stereocenters. The van der Waals surface area contributed by atoms with Crippen molar-refractivity contribution in [2.45, 2.75) is 38.3 Å². The number of hydrogen-bond acceptors (Lipinski definition) is 3. The summed E-state index contributed by atoms with van der Waals surface area (Å²) in [6.45, 7) is 4.62. The Morgan fingerprint density at radius 2 is 2.00 bits per heavy atom. The maximum absolute atomic E-state index is 8.83. The second-order valence-electron chi connectivity index (χ2n) is 6.23. The van der Waals surface area contributed by atoms with Crippen molar-refractivity contribution in [3.63, 3.8) is 0 Å². The van der Waals surface area contributed by atoms with Gasteiger partial charge in [-0.15, -0.1) is 0 Å². The van der Waals surface area contributed by atoms with Crippen LogP contribution in [0.4, 0.5) is 0 Å². The van der Waals surface area contributed by atoms with Crippen molar-refractivity contribution in [1.29, 1.82) is 5.26 Å². The Balaban J connectivity index is 1.49. The predicted molar refractivity (Wildman–Crippen MR) is 80.2 cm³/mol. The van der Waals surface area contributed by atoms with Crippen LogP contribution in [0.5, 0.6) is 0 Å². The van der Waals surface area contributed by atoms with Gasteiger partial charge in [0, 0.05) is 19.1 Å². The number of benzene rings is 1. The maximum Gasteiger partial charge on any atom is 0.0991 e. The standard InChI is InChI=1S/C17H23N3/c18-10-14-3-5-15(6-4-14)12-20-9-1-2-16(13-20)11-19-17-7-8-17/h3-6,16-17,19H,1-2,7-9,11-13H2. The number of nitriles is 1. The van der Waals surface area contributed by atoms with Gasteiger partial charge in [0.15, 0.2) is 0 Å². The Hall–Kier alpha value is -1.37. The number of rotatable bonds is 5. The lowest BCUT2D eigenvalue weighted by atomic mass is 9.97. The first-order valence-corrected chi connectivity index (χ1v) is 7.78. The first-order valence-electron chi connectivity index (χ1n) is 7.78. The monoisotopic (exact) mass is 269 g/mol. The van der Waals surface area contributed by atoms with E-state index in [-0.39, 0.29) is 0 Å². The normalized spacial score (nSPS) is 23.4. The van der Waals surface area contributed by atoms with E-state index >= 15 is 0 Å². The summed E-state index contributed by atoms with van der Waals surface area (Å²) in [5.41, 5.74) is 2.07. The highest BCUT2D eigenvalue weighted by Gasteiger charge is 2.24. The third kappa shape index (κ3) is 3.82. The SMILES string of the molecule is N#Cc1ccc(CN2CCCC(CNC3CC3)C2)cc1. The Labute approximate surface area is 121 Å². The van der Waals surface area contributed by atoms with E-state index in [9.17, 15) is 0 Å². The van der Waals surface area contributed by atoms with Gasteiger partial charge in [0.2, 0.25) is 0 Å². The van der Waals surface area contributed by atoms with E-state index in [0.29, 0.717) is 0 Å². The Morgan fingerprint density at radius 1 is 1.20 bits per heavy atom. The van der Waals surface area contributed by atoms with Crippen LogP contribution in [0, 0.1) is 17.2 Å². The minimum Gasteiger partial charge on any atom is -0.314 e. The number of nitrogens with one attached hydrogen (secondary N) is 1. The smallest absolute Gasteiger partial charge is 0.0991 e. The van der Waals surface area contributed by atoms with Crippen molar-refractivity contribution >= 4 is 0 Å². The zero-order chi connectivity index (χ0) is 13.8. The van der Waals surface area contributed by atoms with Crippen LogP contribution in [-0.4, -0.2) is 30.6 Å². The number of nitrogens with zero attached hydrogens (tertiary/aromatic N) is 2. The van der Waals surface area contributed by atoms with Crippen molar-refractivity contribution in [2.24, 2.45) is 5.92 Å². The maximum atomic E-state index is 8.83. The molecule has 0 amide bonds. The first-order chi connectivity index (χ1) is 9.83. The second kappa shape index (κ2) is 6.39. The summed E-state index contributed by atoms with van der Waals surface area (Å²) >= 11 is 0. The highest BCUT2D eigenvalue weighted by Crippen LogP contribution is 2.22. The van der Waals surface area contributed by atoms with Gasteiger partial charge in [0.25, 0.3) is 0 Å². The van der Waals surface area contributed by atoms with E-state index < -0.39 is 0 Å². The van der Waals surface area contributed by atoms with Crippen LogP contribution in [0.1, 0.15) is 36.8 Å². The molecule has 3 nitrogen and oxygen atoms in total. The fourth-order valence-electron chi connectivity index (χ4n) is 3.03. The summed E-state index contributed by atoms with van der Waals surface area (Å²) in [4.78, 5) is 2.56. The van der Waals surface area contributed by atoms with Crippen LogP contribution in [0.3, 0.4) is 0 Å². The third-order valence-corrected chi connectivity index (χ3v) is 4.36. The van der Waals surface area contributed by atoms with Gasteiger partial charge in [-0.2, -0.15) is 5.26 Å². The van der Waals surface area contributed by atoms with E-state index in [1.165, 1.54) is 50.9 Å². The summed E-state index contributed by atoms with van der Waals surface area (Å²) in [5.74, 6) is 0.808. The molecule has 106 valence electrons. The molecule has 1 aromatic rings. The quantitative estimate of drug-likeness (QED) is 0.892. The summed E-state index contributed by atoms with van der Waals surface area (Å²) in [6.07, 6.45) is 5.43. The van der Waals surface area contributed by atoms with Crippen molar-refractivity contribution in [3.8, 4) is 6.07 Å². The molecule has 1 aromatic carbocycles. The Bertz CT molecular complexity index is 470. The van der Waals surface area contributed by atoms with Gasteiger partial charge in [0.1, 0.15) is 0 Å². The molecule has 1 unspecified atom stereocenters. The zero-order valence-electron chi connectivity index (χ0n) is 12.0. The van der Waals surface area contributed by atoms with Gasteiger partial charge in [0.05, 0.1) is 11.6 Å². The molecule has 1 saturated carbocycles. The van der Waals surface area contributed by atoms with Crippen LogP contribution >= 0.6 is 0 Å². The van der Waals surface area contributed by atoms with E-state index in [1.807, 2.05) is 12.1 Å². The molecule has 3 heteroatoms. The molecule has 3 rings (SSSR count).